The number of amides is 1. The molecule has 1 unspecified atom stereocenters. The number of halogens is 1. The lowest BCUT2D eigenvalue weighted by atomic mass is 10.0. The first-order chi connectivity index (χ1) is 18.9. The normalized spacial score (nSPS) is 18.0. The fourth-order valence-corrected chi connectivity index (χ4v) is 7.44. The molecule has 2 aromatic heterocycles. The van der Waals surface area contributed by atoms with Crippen molar-refractivity contribution in [3.63, 3.8) is 0 Å². The molecule has 39 heavy (non-hydrogen) atoms. The molecule has 2 aliphatic heterocycles. The van der Waals surface area contributed by atoms with Crippen molar-refractivity contribution in [2.75, 3.05) is 31.1 Å². The van der Waals surface area contributed by atoms with Crippen LogP contribution in [0.3, 0.4) is 0 Å². The van der Waals surface area contributed by atoms with E-state index >= 15 is 0 Å². The van der Waals surface area contributed by atoms with Gasteiger partial charge in [-0.1, -0.05) is 42.5 Å². The second-order valence-electron chi connectivity index (χ2n) is 10.7. The van der Waals surface area contributed by atoms with Gasteiger partial charge in [-0.15, -0.1) is 0 Å². The third kappa shape index (κ3) is 5.16. The summed E-state index contributed by atoms with van der Waals surface area (Å²) in [6.07, 6.45) is 3.08. The first-order valence-corrected chi connectivity index (χ1v) is 16.8. The van der Waals surface area contributed by atoms with Gasteiger partial charge in [0.15, 0.2) is 5.82 Å². The number of hydrogen-bond acceptors (Lipinski definition) is 6. The Morgan fingerprint density at radius 3 is 2.64 bits per heavy atom. The first kappa shape index (κ1) is 26.6. The molecule has 4 aromatic rings. The lowest BCUT2D eigenvalue weighted by Gasteiger charge is -2.42. The number of hydrogen-bond donors (Lipinski definition) is 0. The van der Waals surface area contributed by atoms with E-state index in [1.54, 1.807) is 16.0 Å². The van der Waals surface area contributed by atoms with Gasteiger partial charge in [0, 0.05) is 112 Å². The molecule has 0 aliphatic carbocycles. The van der Waals surface area contributed by atoms with Crippen LogP contribution in [0.2, 0.25) is 0 Å². The van der Waals surface area contributed by atoms with Gasteiger partial charge in [-0.25, -0.2) is 9.97 Å². The molecule has 1 atom stereocenters. The predicted molar refractivity (Wildman–Crippen MR) is 168 cm³/mol. The van der Waals surface area contributed by atoms with Gasteiger partial charge in [0.1, 0.15) is 5.82 Å². The fourth-order valence-electron chi connectivity index (χ4n) is 6.04. The highest BCUT2D eigenvalue weighted by atomic mass is 127. The van der Waals surface area contributed by atoms with E-state index in [9.17, 15) is 4.79 Å². The molecule has 0 N–H and O–H groups in total. The van der Waals surface area contributed by atoms with Gasteiger partial charge in [0.05, 0.1) is 11.2 Å². The van der Waals surface area contributed by atoms with Gasteiger partial charge in [0.25, 0.3) is 0 Å². The summed E-state index contributed by atoms with van der Waals surface area (Å²) in [6.45, 7) is 10.9. The Labute approximate surface area is 246 Å². The molecule has 1 saturated heterocycles. The summed E-state index contributed by atoms with van der Waals surface area (Å²) in [7, 11) is 1.68. The monoisotopic (exact) mass is 652 g/mol. The number of aromatic nitrogens is 3. The van der Waals surface area contributed by atoms with E-state index in [0.29, 0.717) is 13.1 Å². The first-order valence-electron chi connectivity index (χ1n) is 13.5. The Morgan fingerprint density at radius 2 is 1.90 bits per heavy atom. The molecular weight excluding hydrogens is 619 g/mol. The van der Waals surface area contributed by atoms with Crippen molar-refractivity contribution in [2.24, 2.45) is 0 Å². The van der Waals surface area contributed by atoms with Gasteiger partial charge in [-0.05, 0) is 31.0 Å². The van der Waals surface area contributed by atoms with E-state index in [1.807, 2.05) is 4.90 Å². The number of fused-ring (bicyclic) bond motifs is 2. The number of benzene rings is 2. The minimum Gasteiger partial charge on any atom is -0.350 e. The summed E-state index contributed by atoms with van der Waals surface area (Å²) in [5.41, 5.74) is 7.20. The molecular formula is C30H33IN6OS. The topological polar surface area (TPSA) is 57.5 Å². The van der Waals surface area contributed by atoms with Crippen LogP contribution >= 0.6 is 30.3 Å². The highest BCUT2D eigenvalue weighted by Gasteiger charge is 2.32. The van der Waals surface area contributed by atoms with Gasteiger partial charge < -0.3 is 9.80 Å². The zero-order valence-electron chi connectivity index (χ0n) is 22.6. The van der Waals surface area contributed by atoms with Crippen LogP contribution in [0.4, 0.5) is 5.82 Å². The zero-order chi connectivity index (χ0) is 27.1. The largest absolute Gasteiger partial charge is 0.350 e. The third-order valence-corrected chi connectivity index (χ3v) is 9.74. The second kappa shape index (κ2) is 11.1. The number of carbonyl (C=O) groups excluding carboxylic acids is 1. The van der Waals surface area contributed by atoms with Crippen LogP contribution in [-0.4, -0.2) is 61.9 Å². The van der Waals surface area contributed by atoms with E-state index in [-0.39, 0.29) is 11.9 Å². The van der Waals surface area contributed by atoms with Crippen molar-refractivity contribution in [3.8, 4) is 11.4 Å². The fraction of sp³-hybridized carbons (Fsp3) is 0.367. The van der Waals surface area contributed by atoms with Crippen LogP contribution in [0.25, 0.3) is 22.3 Å². The molecule has 2 aromatic carbocycles. The van der Waals surface area contributed by atoms with E-state index < -0.39 is 0 Å². The lowest BCUT2D eigenvalue weighted by molar-refractivity contribution is -0.129. The molecule has 0 radical (unpaired) electrons. The van der Waals surface area contributed by atoms with Crippen LogP contribution in [-0.2, 0) is 24.3 Å². The molecule has 0 saturated carbocycles. The van der Waals surface area contributed by atoms with E-state index in [2.05, 4.69) is 104 Å². The summed E-state index contributed by atoms with van der Waals surface area (Å²) < 4.78 is 2.21. The standard InChI is InChI=1S/C30H33IN6OS/c1-20-16-37(39-31)27-11-7-10-24(28(20)27)29-32-26-12-13-34(18-23-8-5-4-6-9-23)19-25(26)30(33-29)36-15-14-35(22(3)38)17-21(36)2/h4-11,16,21H,12-15,17-19H2,1-3H3. The van der Waals surface area contributed by atoms with Crippen LogP contribution in [0, 0.1) is 6.92 Å². The van der Waals surface area contributed by atoms with Crippen molar-refractivity contribution in [3.05, 3.63) is 77.1 Å². The molecule has 2 aliphatic rings. The van der Waals surface area contributed by atoms with Crippen LogP contribution in [0.1, 0.15) is 36.2 Å². The molecule has 1 fully saturated rings. The Hall–Kier alpha value is -2.63. The molecule has 6 rings (SSSR count). The Balaban J connectivity index is 1.44. The molecule has 1 amide bonds. The number of carbonyl (C=O) groups is 1. The SMILES string of the molecule is CC(=O)N1CCN(c2nc(-c3cccc4c3c(C)cn4SI)nc3c2CN(Cc2ccccc2)CC3)C(C)C1. The maximum Gasteiger partial charge on any atom is 0.219 e. The van der Waals surface area contributed by atoms with Crippen LogP contribution < -0.4 is 4.90 Å². The number of rotatable bonds is 5. The van der Waals surface area contributed by atoms with Crippen molar-refractivity contribution < 1.29 is 4.79 Å². The second-order valence-corrected chi connectivity index (χ2v) is 12.4. The van der Waals surface area contributed by atoms with Crippen LogP contribution in [0.5, 0.6) is 0 Å². The van der Waals surface area contributed by atoms with Gasteiger partial charge in [0.2, 0.25) is 5.91 Å². The number of nitrogens with zero attached hydrogens (tertiary/aromatic N) is 6. The Kier molecular flexibility index (Phi) is 7.56. The van der Waals surface area contributed by atoms with E-state index in [4.69, 9.17) is 9.97 Å². The highest BCUT2D eigenvalue weighted by Crippen LogP contribution is 2.37. The maximum atomic E-state index is 12.1. The van der Waals surface area contributed by atoms with Gasteiger partial charge in [-0.2, -0.15) is 0 Å². The van der Waals surface area contributed by atoms with Gasteiger partial charge >= 0.3 is 0 Å². The lowest BCUT2D eigenvalue weighted by Crippen LogP contribution is -2.54. The van der Waals surface area contributed by atoms with E-state index in [0.717, 1.165) is 55.5 Å². The number of piperazine rings is 1. The maximum absolute atomic E-state index is 12.1. The van der Waals surface area contributed by atoms with Gasteiger partial charge in [-0.3, -0.25) is 13.7 Å². The molecule has 202 valence electrons. The summed E-state index contributed by atoms with van der Waals surface area (Å²) >= 11 is 2.33. The molecule has 7 nitrogen and oxygen atoms in total. The third-order valence-electron chi connectivity index (χ3n) is 8.01. The predicted octanol–water partition coefficient (Wildman–Crippen LogP) is 5.87. The zero-order valence-corrected chi connectivity index (χ0v) is 25.6. The summed E-state index contributed by atoms with van der Waals surface area (Å²) in [5, 5.41) is 1.21. The Morgan fingerprint density at radius 1 is 1.08 bits per heavy atom. The quantitative estimate of drug-likeness (QED) is 0.252. The van der Waals surface area contributed by atoms with Crippen molar-refractivity contribution >= 4 is 53.0 Å². The smallest absolute Gasteiger partial charge is 0.219 e. The minimum atomic E-state index is 0.140. The number of aryl methyl sites for hydroxylation is 1. The average Bonchev–Trinajstić information content (AvgIpc) is 3.28. The average molecular weight is 653 g/mol. The van der Waals surface area contributed by atoms with Crippen LogP contribution in [0.15, 0.2) is 54.7 Å². The summed E-state index contributed by atoms with van der Waals surface area (Å²) in [5.74, 6) is 1.97. The van der Waals surface area contributed by atoms with Crippen molar-refractivity contribution in [1.82, 2.24) is 23.7 Å². The molecule has 0 bridgehead atoms. The Bertz CT molecular complexity index is 1520. The highest BCUT2D eigenvalue weighted by molar-refractivity contribution is 14.2. The van der Waals surface area contributed by atoms with Crippen molar-refractivity contribution in [2.45, 2.75) is 46.3 Å². The van der Waals surface area contributed by atoms with Crippen molar-refractivity contribution in [1.29, 1.82) is 0 Å². The summed E-state index contributed by atoms with van der Waals surface area (Å²) in [4.78, 5) is 29.6. The molecule has 0 spiro atoms. The van der Waals surface area contributed by atoms with E-state index in [1.165, 1.54) is 27.6 Å². The molecule has 9 heteroatoms. The summed E-state index contributed by atoms with van der Waals surface area (Å²) in [6, 6.07) is 17.3. The minimum absolute atomic E-state index is 0.140. The molecule has 4 heterocycles. The number of anilines is 1.